The van der Waals surface area contributed by atoms with Crippen molar-refractivity contribution in [3.63, 3.8) is 0 Å². The summed E-state index contributed by atoms with van der Waals surface area (Å²) in [4.78, 5) is 0.0865. The number of hydrogen-bond donors (Lipinski definition) is 1. The first-order valence-corrected chi connectivity index (χ1v) is 8.42. The van der Waals surface area contributed by atoms with Crippen LogP contribution in [-0.4, -0.2) is 15.0 Å². The van der Waals surface area contributed by atoms with E-state index in [0.29, 0.717) is 24.3 Å². The molecule has 0 fully saturated rings. The van der Waals surface area contributed by atoms with Gasteiger partial charge in [0.15, 0.2) is 0 Å². The van der Waals surface area contributed by atoms with E-state index >= 15 is 0 Å². The van der Waals surface area contributed by atoms with Gasteiger partial charge >= 0.3 is 0 Å². The molecule has 0 aliphatic heterocycles. The second kappa shape index (κ2) is 6.37. The van der Waals surface area contributed by atoms with E-state index in [1.807, 2.05) is 6.92 Å². The molecule has 0 heterocycles. The predicted molar refractivity (Wildman–Crippen MR) is 87.1 cm³/mol. The summed E-state index contributed by atoms with van der Waals surface area (Å²) < 4.78 is 27.1. The molecule has 112 valence electrons. The number of halogens is 1. The van der Waals surface area contributed by atoms with Gasteiger partial charge < -0.3 is 5.73 Å². The molecule has 0 spiro atoms. The van der Waals surface area contributed by atoms with Crippen molar-refractivity contribution in [3.8, 4) is 0 Å². The summed E-state index contributed by atoms with van der Waals surface area (Å²) in [6, 6.07) is 13.3. The first-order chi connectivity index (χ1) is 9.98. The van der Waals surface area contributed by atoms with Gasteiger partial charge in [0.2, 0.25) is 0 Å². The fourth-order valence-corrected chi connectivity index (χ4v) is 4.14. The van der Waals surface area contributed by atoms with E-state index in [0.717, 1.165) is 0 Å². The average molecular weight is 325 g/mol. The van der Waals surface area contributed by atoms with Crippen LogP contribution < -0.4 is 10.0 Å². The maximum Gasteiger partial charge on any atom is 0.265 e. The number of hydrogen-bond acceptors (Lipinski definition) is 3. The maximum atomic E-state index is 12.9. The van der Waals surface area contributed by atoms with E-state index in [9.17, 15) is 8.42 Å². The number of benzene rings is 2. The number of nitrogens with zero attached hydrogens (tertiary/aromatic N) is 1. The molecule has 0 unspecified atom stereocenters. The summed E-state index contributed by atoms with van der Waals surface area (Å²) in [5.74, 6) is 0. The Labute approximate surface area is 130 Å². The van der Waals surface area contributed by atoms with Gasteiger partial charge in [-0.15, -0.1) is 0 Å². The smallest absolute Gasteiger partial charge is 0.265 e. The van der Waals surface area contributed by atoms with Gasteiger partial charge in [-0.25, -0.2) is 8.42 Å². The van der Waals surface area contributed by atoms with Crippen LogP contribution in [0.1, 0.15) is 13.3 Å². The average Bonchev–Trinajstić information content (AvgIpc) is 2.46. The lowest BCUT2D eigenvalue weighted by molar-refractivity contribution is 0.590. The van der Waals surface area contributed by atoms with Crippen LogP contribution in [-0.2, 0) is 10.0 Å². The molecule has 6 heteroatoms. The van der Waals surface area contributed by atoms with Crippen molar-refractivity contribution >= 4 is 33.0 Å². The summed E-state index contributed by atoms with van der Waals surface area (Å²) >= 11 is 6.04. The van der Waals surface area contributed by atoms with Crippen molar-refractivity contribution in [3.05, 3.63) is 53.6 Å². The number of nitrogens with two attached hydrogens (primary N) is 1. The lowest BCUT2D eigenvalue weighted by Crippen LogP contribution is -2.32. The molecule has 0 aliphatic rings. The van der Waals surface area contributed by atoms with Crippen LogP contribution in [0.3, 0.4) is 0 Å². The molecule has 21 heavy (non-hydrogen) atoms. The van der Waals surface area contributed by atoms with Gasteiger partial charge in [-0.05, 0) is 30.7 Å². The van der Waals surface area contributed by atoms with E-state index in [2.05, 4.69) is 0 Å². The highest BCUT2D eigenvalue weighted by Gasteiger charge is 2.27. The molecule has 0 amide bonds. The van der Waals surface area contributed by atoms with E-state index < -0.39 is 10.0 Å². The third-order valence-electron chi connectivity index (χ3n) is 3.04. The van der Waals surface area contributed by atoms with Gasteiger partial charge in [-0.2, -0.15) is 0 Å². The summed E-state index contributed by atoms with van der Waals surface area (Å²) in [5.41, 5.74) is 6.82. The van der Waals surface area contributed by atoms with Crippen molar-refractivity contribution in [2.24, 2.45) is 0 Å². The number of para-hydroxylation sites is 2. The third-order valence-corrected chi connectivity index (χ3v) is 5.35. The van der Waals surface area contributed by atoms with E-state index in [-0.39, 0.29) is 9.92 Å². The molecule has 2 aromatic carbocycles. The maximum absolute atomic E-state index is 12.9. The highest BCUT2D eigenvalue weighted by Crippen LogP contribution is 2.31. The predicted octanol–water partition coefficient (Wildman–Crippen LogP) is 3.53. The van der Waals surface area contributed by atoms with Crippen LogP contribution in [0.2, 0.25) is 5.02 Å². The molecule has 2 rings (SSSR count). The molecule has 0 atom stereocenters. The molecule has 0 bridgehead atoms. The standard InChI is InChI=1S/C15H17ClN2O2S/c1-2-11-18(14-9-5-4-8-13(14)17)21(19,20)15-10-6-3-7-12(15)16/h3-10H,2,11,17H2,1H3. The minimum Gasteiger partial charge on any atom is -0.397 e. The van der Waals surface area contributed by atoms with Crippen molar-refractivity contribution < 1.29 is 8.42 Å². The molecule has 0 saturated heterocycles. The molecule has 0 aliphatic carbocycles. The zero-order valence-corrected chi connectivity index (χ0v) is 13.2. The molecule has 2 N–H and O–H groups in total. The Kier molecular flexibility index (Phi) is 4.75. The summed E-state index contributed by atoms with van der Waals surface area (Å²) in [5, 5.41) is 0.202. The minimum absolute atomic E-state index is 0.0865. The Morgan fingerprint density at radius 2 is 1.71 bits per heavy atom. The van der Waals surface area contributed by atoms with E-state index in [1.165, 1.54) is 10.4 Å². The molecular weight excluding hydrogens is 308 g/mol. The normalized spacial score (nSPS) is 11.3. The molecule has 2 aromatic rings. The lowest BCUT2D eigenvalue weighted by atomic mass is 10.2. The topological polar surface area (TPSA) is 63.4 Å². The van der Waals surface area contributed by atoms with Crippen LogP contribution in [0.4, 0.5) is 11.4 Å². The van der Waals surface area contributed by atoms with Gasteiger partial charge in [0.1, 0.15) is 4.90 Å². The first-order valence-electron chi connectivity index (χ1n) is 6.60. The fourth-order valence-electron chi connectivity index (χ4n) is 2.06. The Morgan fingerprint density at radius 3 is 2.33 bits per heavy atom. The molecule has 0 saturated carbocycles. The van der Waals surface area contributed by atoms with E-state index in [1.54, 1.807) is 42.5 Å². The first kappa shape index (κ1) is 15.7. The van der Waals surface area contributed by atoms with Gasteiger partial charge in [0.25, 0.3) is 10.0 Å². The monoisotopic (exact) mass is 324 g/mol. The zero-order valence-electron chi connectivity index (χ0n) is 11.7. The highest BCUT2D eigenvalue weighted by atomic mass is 35.5. The number of rotatable bonds is 5. The fraction of sp³-hybridized carbons (Fsp3) is 0.200. The Balaban J connectivity index is 2.58. The SMILES string of the molecule is CCCN(c1ccccc1N)S(=O)(=O)c1ccccc1Cl. The van der Waals surface area contributed by atoms with Gasteiger partial charge in [-0.3, -0.25) is 4.31 Å². The largest absolute Gasteiger partial charge is 0.397 e. The number of anilines is 2. The molecule has 0 radical (unpaired) electrons. The van der Waals surface area contributed by atoms with Crippen molar-refractivity contribution in [1.82, 2.24) is 0 Å². The minimum atomic E-state index is -3.75. The quantitative estimate of drug-likeness (QED) is 0.856. The molecule has 0 aromatic heterocycles. The van der Waals surface area contributed by atoms with Crippen LogP contribution in [0.25, 0.3) is 0 Å². The summed E-state index contributed by atoms with van der Waals surface area (Å²) in [6.45, 7) is 2.25. The number of sulfonamides is 1. The summed E-state index contributed by atoms with van der Waals surface area (Å²) in [7, 11) is -3.75. The van der Waals surface area contributed by atoms with Crippen LogP contribution >= 0.6 is 11.6 Å². The zero-order chi connectivity index (χ0) is 15.5. The van der Waals surface area contributed by atoms with E-state index in [4.69, 9.17) is 17.3 Å². The van der Waals surface area contributed by atoms with Crippen molar-refractivity contribution in [2.45, 2.75) is 18.2 Å². The van der Waals surface area contributed by atoms with Crippen molar-refractivity contribution in [2.75, 3.05) is 16.6 Å². The Hall–Kier alpha value is -1.72. The molecule has 4 nitrogen and oxygen atoms in total. The third kappa shape index (κ3) is 3.14. The van der Waals surface area contributed by atoms with Crippen molar-refractivity contribution in [1.29, 1.82) is 0 Å². The summed E-state index contributed by atoms with van der Waals surface area (Å²) in [6.07, 6.45) is 0.665. The Bertz CT molecular complexity index is 732. The van der Waals surface area contributed by atoms with Crippen LogP contribution in [0.15, 0.2) is 53.4 Å². The lowest BCUT2D eigenvalue weighted by Gasteiger charge is -2.25. The number of nitrogen functional groups attached to an aromatic ring is 1. The Morgan fingerprint density at radius 1 is 1.10 bits per heavy atom. The highest BCUT2D eigenvalue weighted by molar-refractivity contribution is 7.93. The van der Waals surface area contributed by atoms with Gasteiger partial charge in [0, 0.05) is 6.54 Å². The second-order valence-corrected chi connectivity index (χ2v) is 6.80. The molecular formula is C15H17ClN2O2S. The van der Waals surface area contributed by atoms with Crippen LogP contribution in [0, 0.1) is 0 Å². The van der Waals surface area contributed by atoms with Gasteiger partial charge in [0.05, 0.1) is 16.4 Å². The second-order valence-electron chi connectivity index (χ2n) is 4.57. The van der Waals surface area contributed by atoms with Crippen LogP contribution in [0.5, 0.6) is 0 Å². The van der Waals surface area contributed by atoms with Gasteiger partial charge in [-0.1, -0.05) is 42.8 Å².